The molecule has 0 unspecified atom stereocenters. The molecule has 0 saturated carbocycles. The Morgan fingerprint density at radius 1 is 1.03 bits per heavy atom. The van der Waals surface area contributed by atoms with E-state index in [0.717, 1.165) is 17.1 Å². The number of anilines is 1. The van der Waals surface area contributed by atoms with Crippen LogP contribution in [0.25, 0.3) is 0 Å². The van der Waals surface area contributed by atoms with Crippen LogP contribution >= 0.6 is 0 Å². The Bertz CT molecular complexity index is 987. The van der Waals surface area contributed by atoms with Crippen molar-refractivity contribution in [1.29, 1.82) is 0 Å². The van der Waals surface area contributed by atoms with Crippen molar-refractivity contribution in [2.45, 2.75) is 20.4 Å². The molecule has 7 nitrogen and oxygen atoms in total. The van der Waals surface area contributed by atoms with Crippen LogP contribution < -0.4 is 19.5 Å². The molecule has 0 spiro atoms. The van der Waals surface area contributed by atoms with Crippen molar-refractivity contribution in [2.75, 3.05) is 26.6 Å². The average Bonchev–Trinajstić information content (AvgIpc) is 3.02. The second-order valence-corrected chi connectivity index (χ2v) is 6.56. The molecule has 0 fully saturated rings. The van der Waals surface area contributed by atoms with E-state index < -0.39 is 0 Å². The van der Waals surface area contributed by atoms with Crippen LogP contribution in [0.1, 0.15) is 27.4 Å². The third kappa shape index (κ3) is 4.18. The summed E-state index contributed by atoms with van der Waals surface area (Å²) < 4.78 is 18.1. The molecule has 1 aromatic carbocycles. The zero-order chi connectivity index (χ0) is 21.0. The van der Waals surface area contributed by atoms with Crippen molar-refractivity contribution in [3.05, 3.63) is 65.2 Å². The van der Waals surface area contributed by atoms with Gasteiger partial charge in [0.2, 0.25) is 5.75 Å². The lowest BCUT2D eigenvalue weighted by Gasteiger charge is -2.14. The molecule has 152 valence electrons. The highest BCUT2D eigenvalue weighted by atomic mass is 16.5. The Balaban J connectivity index is 1.87. The number of carbonyl (C=O) groups is 1. The predicted octanol–water partition coefficient (Wildman–Crippen LogP) is 3.83. The highest BCUT2D eigenvalue weighted by Crippen LogP contribution is 2.40. The summed E-state index contributed by atoms with van der Waals surface area (Å²) in [4.78, 5) is 17.3. The number of benzene rings is 1. The third-order valence-corrected chi connectivity index (χ3v) is 4.79. The highest BCUT2D eigenvalue weighted by molar-refractivity contribution is 6.05. The summed E-state index contributed by atoms with van der Waals surface area (Å²) >= 11 is 0. The molecule has 1 N–H and O–H groups in total. The lowest BCUT2D eigenvalue weighted by molar-refractivity contribution is 0.102. The van der Waals surface area contributed by atoms with Crippen LogP contribution in [-0.2, 0) is 6.54 Å². The zero-order valence-corrected chi connectivity index (χ0v) is 17.3. The van der Waals surface area contributed by atoms with Crippen LogP contribution in [0.5, 0.6) is 17.2 Å². The molecule has 0 aliphatic heterocycles. The number of carbonyl (C=O) groups excluding carboxylic acids is 1. The quantitative estimate of drug-likeness (QED) is 0.658. The van der Waals surface area contributed by atoms with Gasteiger partial charge in [0.05, 0.1) is 39.1 Å². The summed E-state index contributed by atoms with van der Waals surface area (Å²) in [5, 5.41) is 2.92. The number of rotatable bonds is 7. The van der Waals surface area contributed by atoms with Crippen molar-refractivity contribution in [3.63, 3.8) is 0 Å². The molecule has 0 aliphatic carbocycles. The number of nitrogens with zero attached hydrogens (tertiary/aromatic N) is 2. The van der Waals surface area contributed by atoms with Gasteiger partial charge in [-0.15, -0.1) is 0 Å². The number of nitrogens with one attached hydrogen (secondary N) is 1. The van der Waals surface area contributed by atoms with E-state index in [1.54, 1.807) is 18.3 Å². The maximum atomic E-state index is 13.0. The first-order valence-electron chi connectivity index (χ1n) is 9.16. The highest BCUT2D eigenvalue weighted by Gasteiger charge is 2.19. The molecule has 7 heteroatoms. The maximum Gasteiger partial charge on any atom is 0.257 e. The van der Waals surface area contributed by atoms with Crippen LogP contribution in [0.15, 0.2) is 42.6 Å². The van der Waals surface area contributed by atoms with Gasteiger partial charge in [-0.3, -0.25) is 9.78 Å². The van der Waals surface area contributed by atoms with Crippen molar-refractivity contribution in [2.24, 2.45) is 0 Å². The van der Waals surface area contributed by atoms with Gasteiger partial charge in [0, 0.05) is 35.4 Å². The summed E-state index contributed by atoms with van der Waals surface area (Å²) in [5.74, 6) is 1.21. The summed E-state index contributed by atoms with van der Waals surface area (Å²) in [7, 11) is 4.61. The molecule has 0 atom stereocenters. The molecule has 1 amide bonds. The predicted molar refractivity (Wildman–Crippen MR) is 111 cm³/mol. The van der Waals surface area contributed by atoms with Gasteiger partial charge < -0.3 is 24.1 Å². The van der Waals surface area contributed by atoms with Gasteiger partial charge in [-0.25, -0.2) is 0 Å². The molecule has 2 heterocycles. The summed E-state index contributed by atoms with van der Waals surface area (Å²) in [6, 6.07) is 11.1. The molecular weight excluding hydrogens is 370 g/mol. The van der Waals surface area contributed by atoms with Crippen LogP contribution in [0.2, 0.25) is 0 Å². The van der Waals surface area contributed by atoms with E-state index in [1.165, 1.54) is 21.3 Å². The van der Waals surface area contributed by atoms with Crippen molar-refractivity contribution >= 4 is 11.6 Å². The van der Waals surface area contributed by atoms with E-state index in [0.29, 0.717) is 35.0 Å². The third-order valence-electron chi connectivity index (χ3n) is 4.79. The van der Waals surface area contributed by atoms with Gasteiger partial charge in [0.15, 0.2) is 11.5 Å². The molecule has 0 bridgehead atoms. The Labute approximate surface area is 170 Å². The first kappa shape index (κ1) is 20.3. The van der Waals surface area contributed by atoms with Gasteiger partial charge >= 0.3 is 0 Å². The fourth-order valence-electron chi connectivity index (χ4n) is 3.28. The van der Waals surface area contributed by atoms with Gasteiger partial charge in [0.1, 0.15) is 0 Å². The number of hydrogen-bond donors (Lipinski definition) is 1. The van der Waals surface area contributed by atoms with E-state index in [4.69, 9.17) is 14.2 Å². The Morgan fingerprint density at radius 3 is 2.28 bits per heavy atom. The van der Waals surface area contributed by atoms with Crippen LogP contribution in [0.4, 0.5) is 5.69 Å². The average molecular weight is 395 g/mol. The maximum absolute atomic E-state index is 13.0. The van der Waals surface area contributed by atoms with E-state index in [2.05, 4.69) is 14.9 Å². The number of aromatic nitrogens is 2. The SMILES string of the molecule is COc1cc(NC(=O)c2cc(C)n(Cc3ccccn3)c2C)cc(OC)c1OC. The summed E-state index contributed by atoms with van der Waals surface area (Å²) in [6.45, 7) is 4.52. The second kappa shape index (κ2) is 8.68. The second-order valence-electron chi connectivity index (χ2n) is 6.56. The molecule has 2 aromatic heterocycles. The monoisotopic (exact) mass is 395 g/mol. The fraction of sp³-hybridized carbons (Fsp3) is 0.273. The Hall–Kier alpha value is -3.48. The Kier molecular flexibility index (Phi) is 6.07. The lowest BCUT2D eigenvalue weighted by Crippen LogP contribution is -2.14. The fourth-order valence-corrected chi connectivity index (χ4v) is 3.28. The normalized spacial score (nSPS) is 10.5. The standard InChI is InChI=1S/C22H25N3O4/c1-14-10-18(15(2)25(14)13-16-8-6-7-9-23-16)22(26)24-17-11-19(27-3)21(29-5)20(12-17)28-4/h6-12H,13H2,1-5H3,(H,24,26). The first-order chi connectivity index (χ1) is 14.0. The van der Waals surface area contributed by atoms with E-state index in [-0.39, 0.29) is 5.91 Å². The molecule has 0 saturated heterocycles. The molecule has 0 aliphatic rings. The van der Waals surface area contributed by atoms with Crippen molar-refractivity contribution < 1.29 is 19.0 Å². The zero-order valence-electron chi connectivity index (χ0n) is 17.3. The van der Waals surface area contributed by atoms with Crippen molar-refractivity contribution in [3.8, 4) is 17.2 Å². The number of aryl methyl sites for hydroxylation is 1. The summed E-state index contributed by atoms with van der Waals surface area (Å²) in [6.07, 6.45) is 1.77. The molecule has 29 heavy (non-hydrogen) atoms. The van der Waals surface area contributed by atoms with Crippen LogP contribution in [0, 0.1) is 13.8 Å². The summed E-state index contributed by atoms with van der Waals surface area (Å²) in [5.41, 5.74) is 3.96. The van der Waals surface area contributed by atoms with E-state index >= 15 is 0 Å². The van der Waals surface area contributed by atoms with Gasteiger partial charge in [-0.1, -0.05) is 6.07 Å². The number of amides is 1. The smallest absolute Gasteiger partial charge is 0.257 e. The van der Waals surface area contributed by atoms with Gasteiger partial charge in [-0.05, 0) is 32.0 Å². The molecule has 3 rings (SSSR count). The minimum Gasteiger partial charge on any atom is -0.493 e. The molecular formula is C22H25N3O4. The Morgan fingerprint density at radius 2 is 1.72 bits per heavy atom. The van der Waals surface area contributed by atoms with Crippen LogP contribution in [-0.4, -0.2) is 36.8 Å². The number of pyridine rings is 1. The lowest BCUT2D eigenvalue weighted by atomic mass is 10.2. The first-order valence-corrected chi connectivity index (χ1v) is 9.16. The molecule has 0 radical (unpaired) electrons. The molecule has 3 aromatic rings. The van der Waals surface area contributed by atoms with Gasteiger partial charge in [-0.2, -0.15) is 0 Å². The van der Waals surface area contributed by atoms with Gasteiger partial charge in [0.25, 0.3) is 5.91 Å². The topological polar surface area (TPSA) is 74.6 Å². The minimum atomic E-state index is -0.209. The largest absolute Gasteiger partial charge is 0.493 e. The van der Waals surface area contributed by atoms with E-state index in [1.807, 2.05) is 38.1 Å². The van der Waals surface area contributed by atoms with Crippen molar-refractivity contribution in [1.82, 2.24) is 9.55 Å². The number of ether oxygens (including phenoxy) is 3. The number of hydrogen-bond acceptors (Lipinski definition) is 5. The van der Waals surface area contributed by atoms with E-state index in [9.17, 15) is 4.79 Å². The number of methoxy groups -OCH3 is 3. The van der Waals surface area contributed by atoms with Crippen LogP contribution in [0.3, 0.4) is 0 Å². The minimum absolute atomic E-state index is 0.209.